The topological polar surface area (TPSA) is 74.9 Å². The normalized spacial score (nSPS) is 10.9. The summed E-state index contributed by atoms with van der Waals surface area (Å²) in [4.78, 5) is 14.8. The van der Waals surface area contributed by atoms with Crippen LogP contribution in [0.3, 0.4) is 0 Å². The van der Waals surface area contributed by atoms with E-state index >= 15 is 0 Å². The SMILES string of the molecule is CCc1cnc(Nc2cc(OCCCc3cnc(Nc4cc(SC)ccc4C)[nH]3)ccc2C)s1. The summed E-state index contributed by atoms with van der Waals surface area (Å²) < 4.78 is 6.02. The second kappa shape index (κ2) is 11.4. The van der Waals surface area contributed by atoms with Crippen molar-refractivity contribution in [2.75, 3.05) is 23.5 Å². The summed E-state index contributed by atoms with van der Waals surface area (Å²) in [6, 6.07) is 12.5. The molecule has 2 aromatic carbocycles. The molecular formula is C26H31N5OS2. The Balaban J connectivity index is 1.27. The average Bonchev–Trinajstić information content (AvgIpc) is 3.49. The Kier molecular flexibility index (Phi) is 8.13. The monoisotopic (exact) mass is 493 g/mol. The van der Waals surface area contributed by atoms with Crippen LogP contribution in [-0.2, 0) is 12.8 Å². The fourth-order valence-electron chi connectivity index (χ4n) is 3.46. The highest BCUT2D eigenvalue weighted by Crippen LogP contribution is 2.28. The van der Waals surface area contributed by atoms with Crippen LogP contribution in [0.2, 0.25) is 0 Å². The number of benzene rings is 2. The van der Waals surface area contributed by atoms with Crippen molar-refractivity contribution in [2.45, 2.75) is 44.9 Å². The Labute approximate surface area is 209 Å². The van der Waals surface area contributed by atoms with E-state index in [-0.39, 0.29) is 0 Å². The third kappa shape index (κ3) is 6.33. The Morgan fingerprint density at radius 2 is 1.79 bits per heavy atom. The van der Waals surface area contributed by atoms with Crippen LogP contribution in [0.5, 0.6) is 5.75 Å². The molecule has 4 rings (SSSR count). The summed E-state index contributed by atoms with van der Waals surface area (Å²) in [5, 5.41) is 7.73. The highest BCUT2D eigenvalue weighted by Gasteiger charge is 2.07. The van der Waals surface area contributed by atoms with Gasteiger partial charge in [0, 0.05) is 39.1 Å². The number of aromatic amines is 1. The maximum absolute atomic E-state index is 6.02. The fraction of sp³-hybridized carbons (Fsp3) is 0.308. The van der Waals surface area contributed by atoms with E-state index < -0.39 is 0 Å². The molecule has 4 aromatic rings. The van der Waals surface area contributed by atoms with Crippen LogP contribution < -0.4 is 15.4 Å². The standard InChI is InChI=1S/C26H31N5OS2/c1-5-21-16-28-26(34-21)31-23-13-20(10-8-17(23)2)32-12-6-7-19-15-27-25(29-19)30-24-14-22(33-4)11-9-18(24)3/h8-11,13-16H,5-7,12H2,1-4H3,(H,28,31)(H2,27,29,30). The van der Waals surface area contributed by atoms with E-state index in [1.165, 1.54) is 15.3 Å². The summed E-state index contributed by atoms with van der Waals surface area (Å²) in [7, 11) is 0. The molecule has 0 amide bonds. The van der Waals surface area contributed by atoms with Crippen molar-refractivity contribution in [1.29, 1.82) is 0 Å². The Bertz CT molecular complexity index is 1230. The molecule has 0 bridgehead atoms. The molecule has 0 saturated heterocycles. The van der Waals surface area contributed by atoms with Gasteiger partial charge in [-0.2, -0.15) is 0 Å². The van der Waals surface area contributed by atoms with Crippen LogP contribution in [0.15, 0.2) is 53.7 Å². The van der Waals surface area contributed by atoms with E-state index in [0.29, 0.717) is 6.61 Å². The molecule has 8 heteroatoms. The van der Waals surface area contributed by atoms with Crippen molar-refractivity contribution < 1.29 is 4.74 Å². The lowest BCUT2D eigenvalue weighted by Crippen LogP contribution is -2.01. The molecule has 3 N–H and O–H groups in total. The molecule has 0 unspecified atom stereocenters. The molecule has 0 aliphatic carbocycles. The van der Waals surface area contributed by atoms with Gasteiger partial charge < -0.3 is 20.4 Å². The molecule has 178 valence electrons. The van der Waals surface area contributed by atoms with Crippen LogP contribution >= 0.6 is 23.1 Å². The van der Waals surface area contributed by atoms with Crippen LogP contribution in [0.1, 0.15) is 35.0 Å². The summed E-state index contributed by atoms with van der Waals surface area (Å²) in [6.07, 6.45) is 8.67. The molecule has 0 fully saturated rings. The highest BCUT2D eigenvalue weighted by molar-refractivity contribution is 7.98. The molecule has 2 heterocycles. The number of nitrogens with zero attached hydrogens (tertiary/aromatic N) is 2. The van der Waals surface area contributed by atoms with Crippen molar-refractivity contribution in [1.82, 2.24) is 15.0 Å². The third-order valence-electron chi connectivity index (χ3n) is 5.54. The smallest absolute Gasteiger partial charge is 0.204 e. The van der Waals surface area contributed by atoms with Gasteiger partial charge in [0.25, 0.3) is 0 Å². The summed E-state index contributed by atoms with van der Waals surface area (Å²) >= 11 is 3.42. The van der Waals surface area contributed by atoms with Gasteiger partial charge in [0.05, 0.1) is 12.8 Å². The largest absolute Gasteiger partial charge is 0.494 e. The molecule has 6 nitrogen and oxygen atoms in total. The van der Waals surface area contributed by atoms with Crippen molar-refractivity contribution in [3.8, 4) is 5.75 Å². The number of imidazole rings is 1. The van der Waals surface area contributed by atoms with Crippen molar-refractivity contribution in [3.63, 3.8) is 0 Å². The number of ether oxygens (including phenoxy) is 1. The minimum atomic E-state index is 0.635. The van der Waals surface area contributed by atoms with E-state index in [1.54, 1.807) is 23.1 Å². The summed E-state index contributed by atoms with van der Waals surface area (Å²) in [5.74, 6) is 1.62. The zero-order valence-electron chi connectivity index (χ0n) is 20.1. The molecule has 0 atom stereocenters. The predicted molar refractivity (Wildman–Crippen MR) is 145 cm³/mol. The Morgan fingerprint density at radius 1 is 1.00 bits per heavy atom. The number of aromatic nitrogens is 3. The quantitative estimate of drug-likeness (QED) is 0.151. The van der Waals surface area contributed by atoms with Gasteiger partial charge in [0.2, 0.25) is 5.95 Å². The molecule has 0 saturated carbocycles. The molecule has 0 aliphatic rings. The zero-order valence-corrected chi connectivity index (χ0v) is 21.7. The lowest BCUT2D eigenvalue weighted by molar-refractivity contribution is 0.310. The number of thioether (sulfide) groups is 1. The lowest BCUT2D eigenvalue weighted by atomic mass is 10.2. The number of aryl methyl sites for hydroxylation is 4. The summed E-state index contributed by atoms with van der Waals surface area (Å²) in [6.45, 7) is 6.96. The van der Waals surface area contributed by atoms with Crippen LogP contribution in [0.25, 0.3) is 0 Å². The van der Waals surface area contributed by atoms with Crippen molar-refractivity contribution in [3.05, 3.63) is 70.5 Å². The molecule has 0 aliphatic heterocycles. The number of hydrogen-bond acceptors (Lipinski definition) is 7. The average molecular weight is 494 g/mol. The van der Waals surface area contributed by atoms with E-state index in [9.17, 15) is 0 Å². The van der Waals surface area contributed by atoms with E-state index in [1.807, 2.05) is 24.5 Å². The van der Waals surface area contributed by atoms with E-state index in [2.05, 4.69) is 76.9 Å². The molecule has 2 aromatic heterocycles. The van der Waals surface area contributed by atoms with Gasteiger partial charge in [0.1, 0.15) is 5.75 Å². The first kappa shape index (κ1) is 24.2. The zero-order chi connectivity index (χ0) is 23.9. The first-order valence-electron chi connectivity index (χ1n) is 11.4. The molecule has 34 heavy (non-hydrogen) atoms. The molecule has 0 radical (unpaired) electrons. The minimum Gasteiger partial charge on any atom is -0.494 e. The van der Waals surface area contributed by atoms with Gasteiger partial charge in [-0.15, -0.1) is 23.1 Å². The number of rotatable bonds is 11. The number of anilines is 4. The van der Waals surface area contributed by atoms with Gasteiger partial charge in [-0.1, -0.05) is 19.1 Å². The maximum atomic E-state index is 6.02. The Hall–Kier alpha value is -2.97. The second-order valence-corrected chi connectivity index (χ2v) is 10.1. The number of hydrogen-bond donors (Lipinski definition) is 3. The number of thiazole rings is 1. The predicted octanol–water partition coefficient (Wildman–Crippen LogP) is 7.27. The first-order valence-corrected chi connectivity index (χ1v) is 13.5. The number of nitrogens with one attached hydrogen (secondary N) is 3. The summed E-state index contributed by atoms with van der Waals surface area (Å²) in [5.41, 5.74) is 5.54. The maximum Gasteiger partial charge on any atom is 0.204 e. The number of H-pyrrole nitrogens is 1. The highest BCUT2D eigenvalue weighted by atomic mass is 32.2. The third-order valence-corrected chi connectivity index (χ3v) is 7.32. The second-order valence-electron chi connectivity index (χ2n) is 8.10. The van der Waals surface area contributed by atoms with Crippen molar-refractivity contribution in [2.24, 2.45) is 0 Å². The van der Waals surface area contributed by atoms with E-state index in [0.717, 1.165) is 58.7 Å². The lowest BCUT2D eigenvalue weighted by Gasteiger charge is -2.11. The van der Waals surface area contributed by atoms with Crippen LogP contribution in [0.4, 0.5) is 22.5 Å². The van der Waals surface area contributed by atoms with Gasteiger partial charge in [-0.05, 0) is 68.7 Å². The van der Waals surface area contributed by atoms with Gasteiger partial charge in [0.15, 0.2) is 5.13 Å². The van der Waals surface area contributed by atoms with Crippen molar-refractivity contribution >= 4 is 45.6 Å². The fourth-order valence-corrected chi connectivity index (χ4v) is 4.67. The van der Waals surface area contributed by atoms with Gasteiger partial charge in [-0.3, -0.25) is 0 Å². The first-order chi connectivity index (χ1) is 16.5. The van der Waals surface area contributed by atoms with Crippen LogP contribution in [-0.4, -0.2) is 27.8 Å². The van der Waals surface area contributed by atoms with Crippen LogP contribution in [0, 0.1) is 13.8 Å². The van der Waals surface area contributed by atoms with E-state index in [4.69, 9.17) is 4.74 Å². The Morgan fingerprint density at radius 3 is 2.56 bits per heavy atom. The molecule has 0 spiro atoms. The van der Waals surface area contributed by atoms with Gasteiger partial charge in [-0.25, -0.2) is 9.97 Å². The minimum absolute atomic E-state index is 0.635. The van der Waals surface area contributed by atoms with Gasteiger partial charge >= 0.3 is 0 Å². The molecular weight excluding hydrogens is 462 g/mol.